The van der Waals surface area contributed by atoms with Gasteiger partial charge in [0.25, 0.3) is 0 Å². The third-order valence-corrected chi connectivity index (χ3v) is 3.74. The van der Waals surface area contributed by atoms with E-state index in [2.05, 4.69) is 5.32 Å². The van der Waals surface area contributed by atoms with Gasteiger partial charge in [-0.15, -0.1) is 0 Å². The lowest BCUT2D eigenvalue weighted by atomic mass is 9.94. The number of hydrogen-bond donors (Lipinski definition) is 1. The number of nitrogens with one attached hydrogen (secondary N) is 1. The molecule has 16 heavy (non-hydrogen) atoms. The van der Waals surface area contributed by atoms with Gasteiger partial charge in [0.15, 0.2) is 0 Å². The second-order valence-corrected chi connectivity index (χ2v) is 6.30. The summed E-state index contributed by atoms with van der Waals surface area (Å²) in [6.45, 7) is 1.35. The molecule has 1 aliphatic rings. The van der Waals surface area contributed by atoms with Crippen molar-refractivity contribution in [3.8, 4) is 0 Å². The van der Waals surface area contributed by atoms with Crippen molar-refractivity contribution >= 4 is 10.2 Å². The average Bonchev–Trinajstić information content (AvgIpc) is 1.97. The SMILES string of the molecule is FS(F)(F)(F)(F)c1ccc(C2CNC2)cc1. The molecule has 2 rings (SSSR count). The summed E-state index contributed by atoms with van der Waals surface area (Å²) >= 11 is 0. The zero-order valence-corrected chi connectivity index (χ0v) is 8.92. The van der Waals surface area contributed by atoms with Crippen molar-refractivity contribution in [1.29, 1.82) is 0 Å². The molecule has 0 saturated carbocycles. The van der Waals surface area contributed by atoms with E-state index in [1.54, 1.807) is 0 Å². The predicted octanol–water partition coefficient (Wildman–Crippen LogP) is 4.03. The normalized spacial score (nSPS) is 22.1. The second-order valence-electron chi connectivity index (χ2n) is 3.89. The summed E-state index contributed by atoms with van der Waals surface area (Å²) in [7, 11) is -9.50. The molecule has 0 radical (unpaired) electrons. The molecular weight excluding hydrogens is 249 g/mol. The van der Waals surface area contributed by atoms with Crippen LogP contribution in [0.3, 0.4) is 0 Å². The van der Waals surface area contributed by atoms with Gasteiger partial charge < -0.3 is 5.32 Å². The molecule has 1 aliphatic heterocycles. The smallest absolute Gasteiger partial charge is 0.310 e. The summed E-state index contributed by atoms with van der Waals surface area (Å²) in [5, 5.41) is 2.96. The highest BCUT2D eigenvalue weighted by atomic mass is 32.5. The topological polar surface area (TPSA) is 12.0 Å². The van der Waals surface area contributed by atoms with Crippen molar-refractivity contribution in [2.75, 3.05) is 13.1 Å². The monoisotopic (exact) mass is 259 g/mol. The highest BCUT2D eigenvalue weighted by Gasteiger charge is 2.65. The molecule has 1 aromatic rings. The van der Waals surface area contributed by atoms with Crippen LogP contribution in [-0.2, 0) is 0 Å². The van der Waals surface area contributed by atoms with Crippen molar-refractivity contribution in [1.82, 2.24) is 5.32 Å². The van der Waals surface area contributed by atoms with Gasteiger partial charge >= 0.3 is 10.2 Å². The molecular formula is C9H10F5NS. The van der Waals surface area contributed by atoms with Gasteiger partial charge in [-0.1, -0.05) is 31.6 Å². The highest BCUT2D eigenvalue weighted by Crippen LogP contribution is 3.02. The Labute approximate surface area is 89.4 Å². The maximum atomic E-state index is 12.4. The van der Waals surface area contributed by atoms with Crippen LogP contribution >= 0.6 is 10.2 Å². The largest absolute Gasteiger partial charge is 0.315 e. The first-order valence-corrected chi connectivity index (χ1v) is 6.56. The fraction of sp³-hybridized carbons (Fsp3) is 0.333. The van der Waals surface area contributed by atoms with Crippen molar-refractivity contribution < 1.29 is 19.4 Å². The Kier molecular flexibility index (Phi) is 1.97. The highest BCUT2D eigenvalue weighted by molar-refractivity contribution is 8.45. The van der Waals surface area contributed by atoms with Crippen LogP contribution in [0.15, 0.2) is 29.2 Å². The summed E-state index contributed by atoms with van der Waals surface area (Å²) in [6.07, 6.45) is 0. The first-order chi connectivity index (χ1) is 7.06. The molecule has 0 bridgehead atoms. The summed E-state index contributed by atoms with van der Waals surface area (Å²) in [5.74, 6) is 0.132. The Morgan fingerprint density at radius 2 is 1.44 bits per heavy atom. The fourth-order valence-electron chi connectivity index (χ4n) is 1.52. The lowest BCUT2D eigenvalue weighted by molar-refractivity contribution is 0.364. The predicted molar refractivity (Wildman–Crippen MR) is 53.4 cm³/mol. The molecule has 1 saturated heterocycles. The Hall–Kier alpha value is -0.820. The summed E-state index contributed by atoms with van der Waals surface area (Å²) in [5.41, 5.74) is 0.657. The van der Waals surface area contributed by atoms with Crippen LogP contribution in [0.1, 0.15) is 11.5 Å². The van der Waals surface area contributed by atoms with Crippen LogP contribution in [-0.4, -0.2) is 13.1 Å². The summed E-state index contributed by atoms with van der Waals surface area (Å²) in [4.78, 5) is -1.82. The maximum absolute atomic E-state index is 12.4. The van der Waals surface area contributed by atoms with Crippen LogP contribution in [0.4, 0.5) is 19.4 Å². The van der Waals surface area contributed by atoms with Gasteiger partial charge in [0.05, 0.1) is 0 Å². The zero-order valence-electron chi connectivity index (χ0n) is 8.10. The lowest BCUT2D eigenvalue weighted by Crippen LogP contribution is -2.39. The summed E-state index contributed by atoms with van der Waals surface area (Å²) < 4.78 is 61.8. The first kappa shape index (κ1) is 11.7. The number of benzene rings is 1. The van der Waals surface area contributed by atoms with Crippen LogP contribution in [0.5, 0.6) is 0 Å². The number of hydrogen-bond acceptors (Lipinski definition) is 1. The molecule has 0 aromatic heterocycles. The van der Waals surface area contributed by atoms with Gasteiger partial charge in [-0.2, -0.15) is 0 Å². The molecule has 0 atom stereocenters. The molecule has 92 valence electrons. The quantitative estimate of drug-likeness (QED) is 0.791. The van der Waals surface area contributed by atoms with Gasteiger partial charge in [0, 0.05) is 19.0 Å². The van der Waals surface area contributed by atoms with E-state index in [4.69, 9.17) is 0 Å². The van der Waals surface area contributed by atoms with Crippen molar-refractivity contribution in [2.24, 2.45) is 0 Å². The third-order valence-electron chi connectivity index (χ3n) is 2.58. The Morgan fingerprint density at radius 3 is 1.75 bits per heavy atom. The Bertz CT molecular complexity index is 405. The first-order valence-electron chi connectivity index (χ1n) is 4.61. The van der Waals surface area contributed by atoms with Gasteiger partial charge in [-0.05, 0) is 17.7 Å². The van der Waals surface area contributed by atoms with E-state index in [1.807, 2.05) is 0 Å². The standard InChI is InChI=1S/C9H10F5NS/c10-16(11,12,13,14)9-3-1-7(2-4-9)8-5-15-6-8/h1-4,8,15H,5-6H2. The van der Waals surface area contributed by atoms with E-state index in [0.29, 0.717) is 30.8 Å². The minimum atomic E-state index is -9.50. The molecule has 0 unspecified atom stereocenters. The van der Waals surface area contributed by atoms with Gasteiger partial charge in [-0.3, -0.25) is 0 Å². The molecule has 0 spiro atoms. The zero-order chi connectivity index (χ0) is 12.1. The molecule has 7 heteroatoms. The van der Waals surface area contributed by atoms with E-state index in [9.17, 15) is 19.4 Å². The van der Waals surface area contributed by atoms with Crippen LogP contribution in [0.2, 0.25) is 0 Å². The minimum Gasteiger partial charge on any atom is -0.315 e. The molecule has 1 heterocycles. The average molecular weight is 259 g/mol. The van der Waals surface area contributed by atoms with Crippen LogP contribution in [0.25, 0.3) is 0 Å². The molecule has 0 aliphatic carbocycles. The van der Waals surface area contributed by atoms with Gasteiger partial charge in [0.1, 0.15) is 4.90 Å². The fourth-order valence-corrected chi connectivity index (χ4v) is 2.17. The van der Waals surface area contributed by atoms with Gasteiger partial charge in [0.2, 0.25) is 0 Å². The number of halogens is 5. The molecule has 1 aromatic carbocycles. The lowest BCUT2D eigenvalue weighted by Gasteiger charge is -2.40. The molecule has 1 fully saturated rings. The Balaban J connectivity index is 2.33. The van der Waals surface area contributed by atoms with E-state index < -0.39 is 15.1 Å². The molecule has 0 amide bonds. The van der Waals surface area contributed by atoms with E-state index >= 15 is 0 Å². The van der Waals surface area contributed by atoms with E-state index in [-0.39, 0.29) is 5.92 Å². The van der Waals surface area contributed by atoms with E-state index in [1.165, 1.54) is 0 Å². The van der Waals surface area contributed by atoms with Crippen LogP contribution in [0, 0.1) is 0 Å². The maximum Gasteiger partial charge on any atom is 0.310 e. The van der Waals surface area contributed by atoms with Crippen LogP contribution < -0.4 is 5.32 Å². The van der Waals surface area contributed by atoms with E-state index in [0.717, 1.165) is 12.1 Å². The van der Waals surface area contributed by atoms with Crippen molar-refractivity contribution in [3.05, 3.63) is 29.8 Å². The number of rotatable bonds is 2. The Morgan fingerprint density at radius 1 is 0.938 bits per heavy atom. The molecule has 1 nitrogen and oxygen atoms in total. The third kappa shape index (κ3) is 2.30. The van der Waals surface area contributed by atoms with Crippen molar-refractivity contribution in [3.63, 3.8) is 0 Å². The van der Waals surface area contributed by atoms with Crippen molar-refractivity contribution in [2.45, 2.75) is 10.8 Å². The summed E-state index contributed by atoms with van der Waals surface area (Å²) in [6, 6.07) is 3.18. The minimum absolute atomic E-state index is 0.132. The molecule has 1 N–H and O–H groups in total. The van der Waals surface area contributed by atoms with Gasteiger partial charge in [-0.25, -0.2) is 0 Å². The second kappa shape index (κ2) is 2.70.